The zero-order valence-corrected chi connectivity index (χ0v) is 7.81. The van der Waals surface area contributed by atoms with Gasteiger partial charge in [-0.05, 0) is 0 Å². The van der Waals surface area contributed by atoms with Crippen molar-refractivity contribution >= 4 is 7.81 Å². The van der Waals surface area contributed by atoms with Gasteiger partial charge in [0.15, 0.2) is 12.4 Å². The maximum atomic E-state index is 9.87. The van der Waals surface area contributed by atoms with Gasteiger partial charge in [0.2, 0.25) is 0 Å². The number of hydrogen-bond donors (Lipinski definition) is 0. The first-order valence-corrected chi connectivity index (χ1v) is 5.19. The van der Waals surface area contributed by atoms with Crippen LogP contribution in [0.4, 0.5) is 25.2 Å². The van der Waals surface area contributed by atoms with Gasteiger partial charge < -0.3 is 0 Å². The van der Waals surface area contributed by atoms with Crippen molar-refractivity contribution in [3.8, 4) is 0 Å². The monoisotopic (exact) mass is 240 g/mol. The van der Waals surface area contributed by atoms with Crippen molar-refractivity contribution in [1.82, 2.24) is 4.98 Å². The molecule has 9 heteroatoms. The van der Waals surface area contributed by atoms with E-state index in [9.17, 15) is 25.2 Å². The Morgan fingerprint density at radius 1 is 0.929 bits per heavy atom. The predicted octanol–water partition coefficient (Wildman–Crippen LogP) is 3.29. The molecule has 0 fully saturated rings. The van der Waals surface area contributed by atoms with Crippen molar-refractivity contribution in [2.75, 3.05) is 0 Å². The zero-order valence-electron chi connectivity index (χ0n) is 6.92. The first-order chi connectivity index (χ1) is 5.84. The summed E-state index contributed by atoms with van der Waals surface area (Å²) >= 11 is 0. The maximum absolute atomic E-state index is 10.7. The molecule has 0 aliphatic rings. The Bertz CT molecular complexity index is 280. The molecule has 0 bridgehead atoms. The molecule has 14 heavy (non-hydrogen) atoms. The van der Waals surface area contributed by atoms with E-state index in [0.717, 1.165) is 0 Å². The van der Waals surface area contributed by atoms with Gasteiger partial charge in [-0.15, -0.1) is 0 Å². The van der Waals surface area contributed by atoms with E-state index in [1.165, 1.54) is 0 Å². The van der Waals surface area contributed by atoms with Gasteiger partial charge in [0.25, 0.3) is 0 Å². The van der Waals surface area contributed by atoms with Gasteiger partial charge in [0.1, 0.15) is 7.05 Å². The summed E-state index contributed by atoms with van der Waals surface area (Å²) in [4.78, 5) is 3.82. The summed E-state index contributed by atoms with van der Waals surface area (Å²) in [6.07, 6.45) is 7.28. The second-order valence-electron chi connectivity index (χ2n) is 2.37. The fraction of sp³-hybridized carbons (Fsp3) is 0.200. The molecule has 1 aromatic heterocycles. The number of rotatable bonds is 0. The summed E-state index contributed by atoms with van der Waals surface area (Å²) in [6, 6.07) is 0. The van der Waals surface area contributed by atoms with Crippen LogP contribution in [0.2, 0.25) is 0 Å². The molecular weight excluding hydrogens is 233 g/mol. The van der Waals surface area contributed by atoms with E-state index in [-0.39, 0.29) is 0 Å². The molecule has 0 saturated heterocycles. The summed E-state index contributed by atoms with van der Waals surface area (Å²) in [5.74, 6) is 0. The molecule has 2 nitrogen and oxygen atoms in total. The van der Waals surface area contributed by atoms with Crippen LogP contribution in [-0.2, 0) is 7.05 Å². The van der Waals surface area contributed by atoms with Crippen molar-refractivity contribution in [3.63, 3.8) is 0 Å². The van der Waals surface area contributed by atoms with Crippen LogP contribution in [0.5, 0.6) is 0 Å². The van der Waals surface area contributed by atoms with Crippen LogP contribution in [0.25, 0.3) is 0 Å². The second-order valence-corrected chi connectivity index (χ2v) is 4.29. The number of hydrogen-bond acceptors (Lipinski definition) is 1. The standard InChI is InChI=1S/C5H7N2.F6P/c1-7-4-2-6-3-5-7;1-7(2,3,4,5)6/h2-5H,1H3;/q+1;-1. The molecule has 0 saturated carbocycles. The molecule has 0 N–H and O–H groups in total. The third kappa shape index (κ3) is 22.5. The van der Waals surface area contributed by atoms with Crippen molar-refractivity contribution in [3.05, 3.63) is 24.8 Å². The molecule has 1 aromatic rings. The normalized spacial score (nSPS) is 15.9. The van der Waals surface area contributed by atoms with Gasteiger partial charge in [-0.25, -0.2) is 4.57 Å². The van der Waals surface area contributed by atoms with Crippen LogP contribution >= 0.6 is 7.81 Å². The summed E-state index contributed by atoms with van der Waals surface area (Å²) in [6.45, 7) is 0. The number of aromatic nitrogens is 2. The van der Waals surface area contributed by atoms with E-state index in [1.807, 2.05) is 24.0 Å². The number of aryl methyl sites for hydroxylation is 1. The molecule has 0 radical (unpaired) electrons. The van der Waals surface area contributed by atoms with Gasteiger partial charge in [-0.1, -0.05) is 0 Å². The predicted molar refractivity (Wildman–Crippen MR) is 39.0 cm³/mol. The third-order valence-electron chi connectivity index (χ3n) is 0.776. The first kappa shape index (κ1) is 13.1. The van der Waals surface area contributed by atoms with Crippen LogP contribution in [0.3, 0.4) is 0 Å². The average molecular weight is 240 g/mol. The van der Waals surface area contributed by atoms with Gasteiger partial charge in [-0.3, -0.25) is 4.98 Å². The summed E-state index contributed by atoms with van der Waals surface area (Å²) in [5, 5.41) is 0. The molecule has 84 valence electrons. The second kappa shape index (κ2) is 3.05. The molecular formula is C5H7F6N2P. The SMILES string of the molecule is C[n+]1ccncc1.F[P-](F)(F)(F)(F)F. The fourth-order valence-electron chi connectivity index (χ4n) is 0.387. The summed E-state index contributed by atoms with van der Waals surface area (Å²) in [5.41, 5.74) is 0. The van der Waals surface area contributed by atoms with Crippen LogP contribution in [0.1, 0.15) is 0 Å². The summed E-state index contributed by atoms with van der Waals surface area (Å²) < 4.78 is 61.1. The van der Waals surface area contributed by atoms with Gasteiger partial charge >= 0.3 is 33.0 Å². The topological polar surface area (TPSA) is 16.8 Å². The van der Waals surface area contributed by atoms with Crippen molar-refractivity contribution in [1.29, 1.82) is 0 Å². The van der Waals surface area contributed by atoms with E-state index in [4.69, 9.17) is 0 Å². The Hall–Kier alpha value is -0.910. The van der Waals surface area contributed by atoms with Gasteiger partial charge in [0, 0.05) is 0 Å². The molecule has 1 rings (SSSR count). The summed E-state index contributed by atoms with van der Waals surface area (Å²) in [7, 11) is -8.70. The van der Waals surface area contributed by atoms with E-state index >= 15 is 0 Å². The van der Waals surface area contributed by atoms with Crippen molar-refractivity contribution in [2.45, 2.75) is 0 Å². The van der Waals surface area contributed by atoms with Gasteiger partial charge in [0.05, 0.1) is 12.4 Å². The van der Waals surface area contributed by atoms with Crippen LogP contribution in [0.15, 0.2) is 24.8 Å². The quantitative estimate of drug-likeness (QED) is 0.386. The van der Waals surface area contributed by atoms with Crippen LogP contribution < -0.4 is 4.57 Å². The van der Waals surface area contributed by atoms with E-state index < -0.39 is 7.81 Å². The number of halogens is 6. The van der Waals surface area contributed by atoms with E-state index in [2.05, 4.69) is 4.98 Å². The molecule has 0 unspecified atom stereocenters. The zero-order chi connectivity index (χ0) is 11.5. The third-order valence-corrected chi connectivity index (χ3v) is 0.776. The molecule has 0 aliphatic heterocycles. The fourth-order valence-corrected chi connectivity index (χ4v) is 0.387. The Balaban J connectivity index is 0.000000241. The van der Waals surface area contributed by atoms with E-state index in [0.29, 0.717) is 0 Å². The Labute approximate surface area is 75.4 Å². The minimum atomic E-state index is -10.7. The van der Waals surface area contributed by atoms with Crippen molar-refractivity contribution < 1.29 is 29.7 Å². The molecule has 1 heterocycles. The molecule has 0 spiro atoms. The minimum absolute atomic E-state index is 1.75. The first-order valence-electron chi connectivity index (χ1n) is 3.16. The van der Waals surface area contributed by atoms with Crippen molar-refractivity contribution in [2.24, 2.45) is 7.05 Å². The molecule has 0 atom stereocenters. The molecule has 0 aromatic carbocycles. The van der Waals surface area contributed by atoms with Crippen LogP contribution in [0, 0.1) is 0 Å². The van der Waals surface area contributed by atoms with E-state index in [1.54, 1.807) is 12.4 Å². The Kier molecular flexibility index (Phi) is 2.85. The van der Waals surface area contributed by atoms with Crippen LogP contribution in [-0.4, -0.2) is 4.98 Å². The molecule has 0 aliphatic carbocycles. The molecule has 0 amide bonds. The number of nitrogens with zero attached hydrogens (tertiary/aromatic N) is 2. The Morgan fingerprint density at radius 2 is 1.21 bits per heavy atom. The van der Waals surface area contributed by atoms with Gasteiger partial charge in [-0.2, -0.15) is 0 Å². The Morgan fingerprint density at radius 3 is 1.36 bits per heavy atom. The average Bonchev–Trinajstić information content (AvgIpc) is 1.81.